The van der Waals surface area contributed by atoms with Gasteiger partial charge in [-0.25, -0.2) is 4.79 Å². The quantitative estimate of drug-likeness (QED) is 0.456. The fourth-order valence-electron chi connectivity index (χ4n) is 2.73. The third-order valence-corrected chi connectivity index (χ3v) is 4.36. The van der Waals surface area contributed by atoms with Gasteiger partial charge in [0.1, 0.15) is 0 Å². The molecule has 0 heterocycles. The van der Waals surface area contributed by atoms with Gasteiger partial charge >= 0.3 is 5.97 Å². The van der Waals surface area contributed by atoms with Crippen LogP contribution in [0.15, 0.2) is 29.8 Å². The summed E-state index contributed by atoms with van der Waals surface area (Å²) in [6, 6.07) is 5.44. The van der Waals surface area contributed by atoms with Gasteiger partial charge < -0.3 is 15.4 Å². The molecular formula is C19H26N2O2S. The number of rotatable bonds is 6. The second-order valence-corrected chi connectivity index (χ2v) is 6.40. The summed E-state index contributed by atoms with van der Waals surface area (Å²) < 4.78 is 5.04. The number of carbonyl (C=O) groups excluding carboxylic acids is 1. The minimum absolute atomic E-state index is 0.316. The van der Waals surface area contributed by atoms with Crippen molar-refractivity contribution in [3.63, 3.8) is 0 Å². The van der Waals surface area contributed by atoms with E-state index in [-0.39, 0.29) is 5.97 Å². The summed E-state index contributed by atoms with van der Waals surface area (Å²) in [5, 5.41) is 7.00. The number of esters is 1. The van der Waals surface area contributed by atoms with Crippen LogP contribution < -0.4 is 10.6 Å². The number of anilines is 1. The van der Waals surface area contributed by atoms with Gasteiger partial charge in [0, 0.05) is 12.2 Å². The molecule has 1 aromatic carbocycles. The Labute approximate surface area is 149 Å². The Balaban J connectivity index is 1.87. The van der Waals surface area contributed by atoms with E-state index in [1.165, 1.54) is 31.3 Å². The molecule has 0 radical (unpaired) electrons. The van der Waals surface area contributed by atoms with Gasteiger partial charge in [0.25, 0.3) is 0 Å². The Hall–Kier alpha value is -1.88. The molecule has 5 heteroatoms. The fourth-order valence-corrected chi connectivity index (χ4v) is 2.94. The van der Waals surface area contributed by atoms with Crippen molar-refractivity contribution in [1.82, 2.24) is 5.32 Å². The lowest BCUT2D eigenvalue weighted by Crippen LogP contribution is -2.30. The standard InChI is InChI=1S/C19H26N2O2S/c1-3-23-18(22)16-10-9-14(2)17(13-16)21-19(24)20-12-11-15-7-5-4-6-8-15/h7,9-10,13H,3-6,8,11-12H2,1-2H3,(H2,20,21,24). The van der Waals surface area contributed by atoms with E-state index in [0.29, 0.717) is 17.3 Å². The molecule has 0 bridgehead atoms. The molecule has 2 rings (SSSR count). The summed E-state index contributed by atoms with van der Waals surface area (Å²) >= 11 is 5.36. The third kappa shape index (κ3) is 5.64. The summed E-state index contributed by atoms with van der Waals surface area (Å²) in [5.74, 6) is -0.316. The predicted octanol–water partition coefficient (Wildman–Crippen LogP) is 4.35. The van der Waals surface area contributed by atoms with Gasteiger partial charge in [0.2, 0.25) is 0 Å². The minimum atomic E-state index is -0.316. The van der Waals surface area contributed by atoms with Crippen molar-refractivity contribution in [2.75, 3.05) is 18.5 Å². The van der Waals surface area contributed by atoms with Gasteiger partial charge in [-0.1, -0.05) is 17.7 Å². The molecule has 0 unspecified atom stereocenters. The van der Waals surface area contributed by atoms with Gasteiger partial charge in [-0.2, -0.15) is 0 Å². The number of benzene rings is 1. The number of hydrogen-bond acceptors (Lipinski definition) is 3. The van der Waals surface area contributed by atoms with Crippen molar-refractivity contribution < 1.29 is 9.53 Å². The molecule has 1 aliphatic rings. The molecule has 0 saturated carbocycles. The first kappa shape index (κ1) is 18.5. The number of carbonyl (C=O) groups is 1. The van der Waals surface area contributed by atoms with Crippen molar-refractivity contribution >= 4 is 29.0 Å². The van der Waals surface area contributed by atoms with E-state index in [1.54, 1.807) is 19.1 Å². The number of thiocarbonyl (C=S) groups is 1. The van der Waals surface area contributed by atoms with Crippen LogP contribution in [0.5, 0.6) is 0 Å². The molecule has 2 N–H and O–H groups in total. The maximum atomic E-state index is 11.8. The van der Waals surface area contributed by atoms with Crippen LogP contribution in [0.3, 0.4) is 0 Å². The van der Waals surface area contributed by atoms with E-state index in [0.717, 1.165) is 24.2 Å². The largest absolute Gasteiger partial charge is 0.462 e. The summed E-state index contributed by atoms with van der Waals surface area (Å²) in [4.78, 5) is 11.8. The number of allylic oxidation sites excluding steroid dienone is 1. The van der Waals surface area contributed by atoms with Crippen LogP contribution in [0.25, 0.3) is 0 Å². The average molecular weight is 346 g/mol. The molecular weight excluding hydrogens is 320 g/mol. The lowest BCUT2D eigenvalue weighted by atomic mass is 9.97. The van der Waals surface area contributed by atoms with Crippen LogP contribution in [-0.2, 0) is 4.74 Å². The SMILES string of the molecule is CCOC(=O)c1ccc(C)c(NC(=S)NCCC2=CCCCC2)c1. The highest BCUT2D eigenvalue weighted by Crippen LogP contribution is 2.20. The van der Waals surface area contributed by atoms with Crippen LogP contribution in [0.2, 0.25) is 0 Å². The molecule has 130 valence electrons. The summed E-state index contributed by atoms with van der Waals surface area (Å²) in [5.41, 5.74) is 3.91. The average Bonchev–Trinajstić information content (AvgIpc) is 2.58. The summed E-state index contributed by atoms with van der Waals surface area (Å²) in [7, 11) is 0. The molecule has 4 nitrogen and oxygen atoms in total. The first-order valence-electron chi connectivity index (χ1n) is 8.60. The Morgan fingerprint density at radius 2 is 2.17 bits per heavy atom. The highest BCUT2D eigenvalue weighted by atomic mass is 32.1. The predicted molar refractivity (Wildman–Crippen MR) is 103 cm³/mol. The highest BCUT2D eigenvalue weighted by molar-refractivity contribution is 7.80. The molecule has 0 saturated heterocycles. The number of ether oxygens (including phenoxy) is 1. The Kier molecular flexibility index (Phi) is 7.25. The Morgan fingerprint density at radius 1 is 1.33 bits per heavy atom. The molecule has 0 fully saturated rings. The van der Waals surface area contributed by atoms with E-state index >= 15 is 0 Å². The second-order valence-electron chi connectivity index (χ2n) is 5.99. The van der Waals surface area contributed by atoms with Crippen molar-refractivity contribution in [3.8, 4) is 0 Å². The van der Waals surface area contributed by atoms with Crippen LogP contribution in [-0.4, -0.2) is 24.2 Å². The van der Waals surface area contributed by atoms with Gasteiger partial charge in [-0.3, -0.25) is 0 Å². The second kappa shape index (κ2) is 9.42. The zero-order chi connectivity index (χ0) is 17.4. The molecule has 0 spiro atoms. The van der Waals surface area contributed by atoms with Gasteiger partial charge in [-0.05, 0) is 75.9 Å². The molecule has 0 aromatic heterocycles. The molecule has 1 aromatic rings. The summed E-state index contributed by atoms with van der Waals surface area (Å²) in [6.07, 6.45) is 8.42. The first-order chi connectivity index (χ1) is 11.6. The van der Waals surface area contributed by atoms with Crippen molar-refractivity contribution in [2.45, 2.75) is 46.0 Å². The number of aryl methyl sites for hydroxylation is 1. The zero-order valence-corrected chi connectivity index (χ0v) is 15.3. The Bertz CT molecular complexity index is 626. The topological polar surface area (TPSA) is 50.4 Å². The third-order valence-electron chi connectivity index (χ3n) is 4.11. The monoisotopic (exact) mass is 346 g/mol. The maximum absolute atomic E-state index is 11.8. The van der Waals surface area contributed by atoms with E-state index in [1.807, 2.05) is 13.0 Å². The molecule has 24 heavy (non-hydrogen) atoms. The smallest absolute Gasteiger partial charge is 0.338 e. The highest BCUT2D eigenvalue weighted by Gasteiger charge is 2.10. The van der Waals surface area contributed by atoms with Gasteiger partial charge in [-0.15, -0.1) is 0 Å². The maximum Gasteiger partial charge on any atom is 0.338 e. The molecule has 0 atom stereocenters. The van der Waals surface area contributed by atoms with Crippen molar-refractivity contribution in [2.24, 2.45) is 0 Å². The number of hydrogen-bond donors (Lipinski definition) is 2. The number of nitrogens with one attached hydrogen (secondary N) is 2. The molecule has 1 aliphatic carbocycles. The van der Waals surface area contributed by atoms with E-state index < -0.39 is 0 Å². The van der Waals surface area contributed by atoms with Crippen molar-refractivity contribution in [1.29, 1.82) is 0 Å². The lowest BCUT2D eigenvalue weighted by molar-refractivity contribution is 0.0526. The van der Waals surface area contributed by atoms with Crippen LogP contribution in [0.1, 0.15) is 54.9 Å². The normalized spacial score (nSPS) is 13.8. The van der Waals surface area contributed by atoms with Gasteiger partial charge in [0.15, 0.2) is 5.11 Å². The lowest BCUT2D eigenvalue weighted by Gasteiger charge is -2.16. The minimum Gasteiger partial charge on any atom is -0.462 e. The summed E-state index contributed by atoms with van der Waals surface area (Å²) in [6.45, 7) is 4.97. The van der Waals surface area contributed by atoms with Gasteiger partial charge in [0.05, 0.1) is 12.2 Å². The first-order valence-corrected chi connectivity index (χ1v) is 9.01. The van der Waals surface area contributed by atoms with Crippen LogP contribution >= 0.6 is 12.2 Å². The fraction of sp³-hybridized carbons (Fsp3) is 0.474. The van der Waals surface area contributed by atoms with E-state index in [9.17, 15) is 4.79 Å². The molecule has 0 aliphatic heterocycles. The van der Waals surface area contributed by atoms with Crippen molar-refractivity contribution in [3.05, 3.63) is 41.0 Å². The zero-order valence-electron chi connectivity index (χ0n) is 14.5. The van der Waals surface area contributed by atoms with Crippen LogP contribution in [0, 0.1) is 6.92 Å². The van der Waals surface area contributed by atoms with E-state index in [4.69, 9.17) is 17.0 Å². The Morgan fingerprint density at radius 3 is 2.88 bits per heavy atom. The van der Waals surface area contributed by atoms with E-state index in [2.05, 4.69) is 16.7 Å². The van der Waals surface area contributed by atoms with Crippen LogP contribution in [0.4, 0.5) is 5.69 Å². The molecule has 0 amide bonds.